The van der Waals surface area contributed by atoms with Gasteiger partial charge >= 0.3 is 0 Å². The molecule has 1 saturated heterocycles. The Morgan fingerprint density at radius 2 is 1.69 bits per heavy atom. The molecule has 2 aromatic carbocycles. The van der Waals surface area contributed by atoms with E-state index in [1.54, 1.807) is 35.2 Å². The molecule has 0 saturated carbocycles. The summed E-state index contributed by atoms with van der Waals surface area (Å²) in [4.78, 5) is 31.2. The quantitative estimate of drug-likeness (QED) is 0.519. The van der Waals surface area contributed by atoms with Crippen LogP contribution in [0.1, 0.15) is 40.1 Å². The molecule has 0 radical (unpaired) electrons. The molecule has 0 atom stereocenters. The minimum Gasteiger partial charge on any atom is -0.493 e. The van der Waals surface area contributed by atoms with Crippen LogP contribution in [0.3, 0.4) is 0 Å². The molecule has 0 unspecified atom stereocenters. The number of amides is 2. The van der Waals surface area contributed by atoms with Crippen LogP contribution < -0.4 is 14.8 Å². The van der Waals surface area contributed by atoms with Crippen molar-refractivity contribution < 1.29 is 19.1 Å². The van der Waals surface area contributed by atoms with E-state index in [1.165, 1.54) is 14.2 Å². The van der Waals surface area contributed by atoms with Crippen LogP contribution in [0, 0.1) is 0 Å². The van der Waals surface area contributed by atoms with E-state index in [9.17, 15) is 9.59 Å². The fraction of sp³-hybridized carbons (Fsp3) is 0.304. The number of hydrogen-bond acceptors (Lipinski definition) is 4. The average molecular weight is 476 g/mol. The molecule has 1 aliphatic rings. The van der Waals surface area contributed by atoms with Gasteiger partial charge in [-0.15, -0.1) is 0 Å². The summed E-state index contributed by atoms with van der Waals surface area (Å²) in [5.41, 5.74) is 1.50. The molecule has 2 heterocycles. The molecule has 0 spiro atoms. The Balaban J connectivity index is 1.72. The summed E-state index contributed by atoms with van der Waals surface area (Å²) in [6.07, 6.45) is 3.00. The van der Waals surface area contributed by atoms with Crippen LogP contribution in [-0.4, -0.2) is 49.0 Å². The van der Waals surface area contributed by atoms with Gasteiger partial charge in [-0.3, -0.25) is 9.59 Å². The predicted octanol–water partition coefficient (Wildman–Crippen LogP) is 5.37. The van der Waals surface area contributed by atoms with Gasteiger partial charge in [0.1, 0.15) is 5.69 Å². The molecule has 1 fully saturated rings. The minimum absolute atomic E-state index is 0.171. The summed E-state index contributed by atoms with van der Waals surface area (Å²) in [5.74, 6) is 0.148. The van der Waals surface area contributed by atoms with Crippen molar-refractivity contribution in [2.45, 2.75) is 19.3 Å². The summed E-state index contributed by atoms with van der Waals surface area (Å²) in [5, 5.41) is 4.23. The van der Waals surface area contributed by atoms with E-state index < -0.39 is 5.91 Å². The van der Waals surface area contributed by atoms with Crippen molar-refractivity contribution in [3.63, 3.8) is 0 Å². The fourth-order valence-electron chi connectivity index (χ4n) is 3.90. The first-order chi connectivity index (χ1) is 15.4. The molecule has 9 heteroatoms. The van der Waals surface area contributed by atoms with Gasteiger partial charge in [-0.05, 0) is 43.5 Å². The number of H-pyrrole nitrogens is 1. The third kappa shape index (κ3) is 4.23. The van der Waals surface area contributed by atoms with Crippen molar-refractivity contribution in [1.82, 2.24) is 9.88 Å². The topological polar surface area (TPSA) is 83.7 Å². The Kier molecular flexibility index (Phi) is 6.48. The van der Waals surface area contributed by atoms with Crippen LogP contribution >= 0.6 is 23.2 Å². The maximum absolute atomic E-state index is 13.3. The van der Waals surface area contributed by atoms with Gasteiger partial charge in [-0.25, -0.2) is 0 Å². The van der Waals surface area contributed by atoms with E-state index >= 15 is 0 Å². The highest BCUT2D eigenvalue weighted by molar-refractivity contribution is 6.40. The minimum atomic E-state index is -0.484. The third-order valence-electron chi connectivity index (χ3n) is 5.57. The lowest BCUT2D eigenvalue weighted by molar-refractivity contribution is 0.0725. The van der Waals surface area contributed by atoms with Gasteiger partial charge in [-0.1, -0.05) is 23.2 Å². The van der Waals surface area contributed by atoms with E-state index in [4.69, 9.17) is 32.7 Å². The monoisotopic (exact) mass is 475 g/mol. The number of carbonyl (C=O) groups excluding carboxylic acids is 2. The van der Waals surface area contributed by atoms with Crippen LogP contribution in [-0.2, 0) is 0 Å². The molecule has 2 N–H and O–H groups in total. The second-order valence-corrected chi connectivity index (χ2v) is 8.38. The lowest BCUT2D eigenvalue weighted by Crippen LogP contribution is -2.36. The Morgan fingerprint density at radius 3 is 2.38 bits per heavy atom. The number of piperidine rings is 1. The van der Waals surface area contributed by atoms with Crippen LogP contribution in [0.2, 0.25) is 10.0 Å². The lowest BCUT2D eigenvalue weighted by Gasteiger charge is -2.28. The number of carbonyl (C=O) groups is 2. The standard InChI is InChI=1S/C23H23Cl2N3O4/c1-31-18-11-15(23(30)28-8-4-3-5-9-28)17(12-19(18)32-2)27-22(29)21-20(25)14-10-13(24)6-7-16(14)26-21/h6-7,10-12,26H,3-5,8-9H2,1-2H3,(H,27,29). The summed E-state index contributed by atoms with van der Waals surface area (Å²) in [6.45, 7) is 1.35. The molecule has 168 valence electrons. The van der Waals surface area contributed by atoms with Gasteiger partial charge in [-0.2, -0.15) is 0 Å². The van der Waals surface area contributed by atoms with Crippen LogP contribution in [0.5, 0.6) is 11.5 Å². The molecule has 3 aromatic rings. The largest absolute Gasteiger partial charge is 0.493 e. The zero-order valence-corrected chi connectivity index (χ0v) is 19.3. The number of benzene rings is 2. The highest BCUT2D eigenvalue weighted by Gasteiger charge is 2.25. The third-order valence-corrected chi connectivity index (χ3v) is 6.20. The van der Waals surface area contributed by atoms with E-state index in [1.807, 2.05) is 0 Å². The van der Waals surface area contributed by atoms with Crippen molar-refractivity contribution in [3.05, 3.63) is 51.6 Å². The molecule has 0 bridgehead atoms. The van der Waals surface area contributed by atoms with Crippen molar-refractivity contribution in [3.8, 4) is 11.5 Å². The highest BCUT2D eigenvalue weighted by Crippen LogP contribution is 2.36. The Hall–Kier alpha value is -2.90. The summed E-state index contributed by atoms with van der Waals surface area (Å²) < 4.78 is 10.8. The lowest BCUT2D eigenvalue weighted by atomic mass is 10.1. The number of likely N-dealkylation sites (tertiary alicyclic amines) is 1. The van der Waals surface area contributed by atoms with E-state index in [0.29, 0.717) is 51.8 Å². The highest BCUT2D eigenvalue weighted by atomic mass is 35.5. The van der Waals surface area contributed by atoms with Crippen molar-refractivity contribution in [2.75, 3.05) is 32.6 Å². The molecule has 0 aliphatic carbocycles. The number of aromatic amines is 1. The maximum atomic E-state index is 13.3. The zero-order valence-electron chi connectivity index (χ0n) is 17.8. The fourth-order valence-corrected chi connectivity index (χ4v) is 4.36. The first-order valence-electron chi connectivity index (χ1n) is 10.3. The van der Waals surface area contributed by atoms with E-state index in [-0.39, 0.29) is 16.6 Å². The Morgan fingerprint density at radius 1 is 1.00 bits per heavy atom. The maximum Gasteiger partial charge on any atom is 0.273 e. The van der Waals surface area contributed by atoms with Gasteiger partial charge in [0, 0.05) is 35.1 Å². The van der Waals surface area contributed by atoms with Gasteiger partial charge in [0.15, 0.2) is 11.5 Å². The van der Waals surface area contributed by atoms with Gasteiger partial charge in [0.2, 0.25) is 0 Å². The molecule has 4 rings (SSSR count). The SMILES string of the molecule is COc1cc(NC(=O)c2[nH]c3ccc(Cl)cc3c2Cl)c(C(=O)N2CCCCC2)cc1OC. The summed E-state index contributed by atoms with van der Waals surface area (Å²) in [6, 6.07) is 8.33. The number of hydrogen-bond donors (Lipinski definition) is 2. The number of anilines is 1. The van der Waals surface area contributed by atoms with E-state index in [2.05, 4.69) is 10.3 Å². The molecule has 32 heavy (non-hydrogen) atoms. The number of nitrogens with zero attached hydrogens (tertiary/aromatic N) is 1. The van der Waals surface area contributed by atoms with E-state index in [0.717, 1.165) is 19.3 Å². The van der Waals surface area contributed by atoms with Gasteiger partial charge in [0.25, 0.3) is 11.8 Å². The first kappa shape index (κ1) is 22.3. The normalized spacial score (nSPS) is 13.8. The number of aromatic nitrogens is 1. The first-order valence-corrected chi connectivity index (χ1v) is 11.0. The van der Waals surface area contributed by atoms with Crippen molar-refractivity contribution >= 4 is 51.6 Å². The summed E-state index contributed by atoms with van der Waals surface area (Å²) >= 11 is 12.5. The second kappa shape index (κ2) is 9.30. The average Bonchev–Trinajstić information content (AvgIpc) is 3.14. The van der Waals surface area contributed by atoms with Gasteiger partial charge < -0.3 is 24.7 Å². The zero-order chi connectivity index (χ0) is 22.8. The van der Waals surface area contributed by atoms with Crippen molar-refractivity contribution in [1.29, 1.82) is 0 Å². The number of halogens is 2. The van der Waals surface area contributed by atoms with Crippen molar-refractivity contribution in [2.24, 2.45) is 0 Å². The number of nitrogens with one attached hydrogen (secondary N) is 2. The Bertz CT molecular complexity index is 1190. The number of ether oxygens (including phenoxy) is 2. The van der Waals surface area contributed by atoms with Crippen LogP contribution in [0.4, 0.5) is 5.69 Å². The molecule has 7 nitrogen and oxygen atoms in total. The number of methoxy groups -OCH3 is 2. The second-order valence-electron chi connectivity index (χ2n) is 7.56. The molecule has 1 aliphatic heterocycles. The van der Waals surface area contributed by atoms with Gasteiger partial charge in [0.05, 0.1) is 30.5 Å². The summed E-state index contributed by atoms with van der Waals surface area (Å²) in [7, 11) is 2.99. The molecular weight excluding hydrogens is 453 g/mol. The number of fused-ring (bicyclic) bond motifs is 1. The Labute approximate surface area is 195 Å². The molecular formula is C23H23Cl2N3O4. The van der Waals surface area contributed by atoms with Crippen LogP contribution in [0.15, 0.2) is 30.3 Å². The van der Waals surface area contributed by atoms with Crippen LogP contribution in [0.25, 0.3) is 10.9 Å². The predicted molar refractivity (Wildman–Crippen MR) is 126 cm³/mol. The smallest absolute Gasteiger partial charge is 0.273 e. The molecule has 1 aromatic heterocycles. The molecule has 2 amide bonds. The number of rotatable bonds is 5.